The summed E-state index contributed by atoms with van der Waals surface area (Å²) < 4.78 is 0. The molecule has 6 rings (SSSR count). The minimum absolute atomic E-state index is 1.08. The third-order valence-corrected chi connectivity index (χ3v) is 20.0. The van der Waals surface area contributed by atoms with E-state index in [9.17, 15) is 0 Å². The van der Waals surface area contributed by atoms with Gasteiger partial charge in [0, 0.05) is 0 Å². The first-order chi connectivity index (χ1) is 18.0. The van der Waals surface area contributed by atoms with Crippen LogP contribution in [0.25, 0.3) is 0 Å². The van der Waals surface area contributed by atoms with Crippen LogP contribution in [-0.4, -0.2) is 8.07 Å². The Morgan fingerprint density at radius 3 is 1.19 bits per heavy atom. The van der Waals surface area contributed by atoms with Crippen molar-refractivity contribution >= 4 is 8.07 Å². The van der Waals surface area contributed by atoms with Gasteiger partial charge in [-0.1, -0.05) is 130 Å². The number of hydrogen-bond acceptors (Lipinski definition) is 0. The van der Waals surface area contributed by atoms with Crippen LogP contribution < -0.4 is 0 Å². The van der Waals surface area contributed by atoms with Crippen molar-refractivity contribution in [3.05, 3.63) is 0 Å². The maximum absolute atomic E-state index is 2.99. The molecule has 37 heavy (non-hydrogen) atoms. The maximum Gasteiger partial charge on any atom is 0.0547 e. The second-order valence-electron chi connectivity index (χ2n) is 16.3. The van der Waals surface area contributed by atoms with Crippen LogP contribution in [0.15, 0.2) is 0 Å². The molecule has 0 spiro atoms. The molecule has 10 unspecified atom stereocenters. The van der Waals surface area contributed by atoms with Crippen molar-refractivity contribution in [2.45, 2.75) is 166 Å². The number of rotatable bonds is 6. The van der Waals surface area contributed by atoms with E-state index in [-0.39, 0.29) is 0 Å². The zero-order valence-corrected chi connectivity index (χ0v) is 26.6. The Balaban J connectivity index is 1.26. The highest BCUT2D eigenvalue weighted by Crippen LogP contribution is 2.68. The lowest BCUT2D eigenvalue weighted by Gasteiger charge is -2.50. The van der Waals surface area contributed by atoms with Gasteiger partial charge in [0.15, 0.2) is 0 Å². The normalized spacial score (nSPS) is 46.1. The van der Waals surface area contributed by atoms with Gasteiger partial charge in [0.25, 0.3) is 0 Å². The molecule has 0 aromatic carbocycles. The Morgan fingerprint density at radius 1 is 0.432 bits per heavy atom. The zero-order valence-electron chi connectivity index (χ0n) is 25.6. The molecule has 0 radical (unpaired) electrons. The Bertz CT molecular complexity index is 669. The monoisotopic (exact) mass is 524 g/mol. The lowest BCUT2D eigenvalue weighted by atomic mass is 9.65. The van der Waals surface area contributed by atoms with Crippen molar-refractivity contribution in [2.24, 2.45) is 59.2 Å². The summed E-state index contributed by atoms with van der Waals surface area (Å²) in [6.45, 7) is 11.2. The largest absolute Gasteiger partial charge is 0.0689 e. The highest BCUT2D eigenvalue weighted by molar-refractivity contribution is 6.80. The van der Waals surface area contributed by atoms with Crippen molar-refractivity contribution in [3.8, 4) is 0 Å². The van der Waals surface area contributed by atoms with Crippen molar-refractivity contribution in [1.29, 1.82) is 0 Å². The lowest BCUT2D eigenvalue weighted by Crippen LogP contribution is -2.48. The van der Waals surface area contributed by atoms with Gasteiger partial charge < -0.3 is 0 Å². The van der Waals surface area contributed by atoms with E-state index in [1.807, 2.05) is 0 Å². The molecule has 0 bridgehead atoms. The first-order valence-electron chi connectivity index (χ1n) is 18.0. The van der Waals surface area contributed by atoms with Crippen molar-refractivity contribution in [3.63, 3.8) is 0 Å². The van der Waals surface area contributed by atoms with E-state index in [4.69, 9.17) is 0 Å². The van der Waals surface area contributed by atoms with Crippen LogP contribution in [0.1, 0.15) is 142 Å². The van der Waals surface area contributed by atoms with E-state index in [1.165, 1.54) is 25.7 Å². The predicted molar refractivity (Wildman–Crippen MR) is 164 cm³/mol. The second-order valence-corrected chi connectivity index (χ2v) is 21.3. The van der Waals surface area contributed by atoms with Gasteiger partial charge in [-0.25, -0.2) is 0 Å². The average molecular weight is 525 g/mol. The molecule has 6 aliphatic rings. The van der Waals surface area contributed by atoms with E-state index in [0.717, 1.165) is 70.3 Å². The Morgan fingerprint density at radius 2 is 0.811 bits per heavy atom. The number of hydrogen-bond donors (Lipinski definition) is 0. The molecular weight excluding hydrogens is 460 g/mol. The van der Waals surface area contributed by atoms with Gasteiger partial charge in [0.2, 0.25) is 0 Å². The summed E-state index contributed by atoms with van der Waals surface area (Å²) in [4.78, 5) is 0. The van der Waals surface area contributed by atoms with Gasteiger partial charge in [-0.2, -0.15) is 0 Å². The van der Waals surface area contributed by atoms with Gasteiger partial charge in [-0.05, 0) is 95.9 Å². The lowest BCUT2D eigenvalue weighted by molar-refractivity contribution is 0.0947. The van der Waals surface area contributed by atoms with Crippen molar-refractivity contribution in [1.82, 2.24) is 0 Å². The average Bonchev–Trinajstić information content (AvgIpc) is 3.53. The first kappa shape index (κ1) is 27.4. The van der Waals surface area contributed by atoms with Crippen LogP contribution in [0.2, 0.25) is 24.2 Å². The van der Waals surface area contributed by atoms with E-state index >= 15 is 0 Å². The molecule has 6 aliphatic carbocycles. The summed E-state index contributed by atoms with van der Waals surface area (Å²) in [5, 5.41) is 0. The summed E-state index contributed by atoms with van der Waals surface area (Å²) in [5.74, 6) is 11.1. The quantitative estimate of drug-likeness (QED) is 0.303. The van der Waals surface area contributed by atoms with E-state index < -0.39 is 8.07 Å². The van der Waals surface area contributed by atoms with Crippen LogP contribution in [0, 0.1) is 59.2 Å². The van der Waals surface area contributed by atoms with Gasteiger partial charge in [0.05, 0.1) is 8.07 Å². The van der Waals surface area contributed by atoms with Crippen LogP contribution in [0.4, 0.5) is 0 Å². The molecule has 0 amide bonds. The Kier molecular flexibility index (Phi) is 8.59. The summed E-state index contributed by atoms with van der Waals surface area (Å²) in [7, 11) is -1.38. The molecule has 0 nitrogen and oxygen atoms in total. The highest BCUT2D eigenvalue weighted by Gasteiger charge is 2.60. The van der Waals surface area contributed by atoms with Crippen LogP contribution >= 0.6 is 0 Å². The molecule has 0 aromatic heterocycles. The first-order valence-corrected chi connectivity index (χ1v) is 21.2. The summed E-state index contributed by atoms with van der Waals surface area (Å²) in [5.41, 5.74) is 2.31. The van der Waals surface area contributed by atoms with Gasteiger partial charge in [-0.15, -0.1) is 0 Å². The van der Waals surface area contributed by atoms with E-state index in [2.05, 4.69) is 26.9 Å². The van der Waals surface area contributed by atoms with Crippen LogP contribution in [0.3, 0.4) is 0 Å². The fourth-order valence-corrected chi connectivity index (χ4v) is 20.3. The maximum atomic E-state index is 2.99. The molecule has 6 fully saturated rings. The second kappa shape index (κ2) is 11.6. The fraction of sp³-hybridized carbons (Fsp3) is 1.00. The van der Waals surface area contributed by atoms with Gasteiger partial charge in [0.1, 0.15) is 0 Å². The van der Waals surface area contributed by atoms with E-state index in [1.54, 1.807) is 103 Å². The smallest absolute Gasteiger partial charge is 0.0547 e. The minimum atomic E-state index is -1.38. The molecule has 6 saturated carbocycles. The molecule has 0 aliphatic heterocycles. The van der Waals surface area contributed by atoms with Gasteiger partial charge >= 0.3 is 0 Å². The third-order valence-electron chi connectivity index (χ3n) is 14.7. The van der Waals surface area contributed by atoms with Crippen molar-refractivity contribution in [2.75, 3.05) is 0 Å². The molecular formula is C36H64Si. The van der Waals surface area contributed by atoms with E-state index in [0.29, 0.717) is 0 Å². The molecule has 0 saturated heterocycles. The topological polar surface area (TPSA) is 0 Å². The van der Waals surface area contributed by atoms with Crippen molar-refractivity contribution < 1.29 is 0 Å². The van der Waals surface area contributed by atoms with Gasteiger partial charge in [-0.3, -0.25) is 0 Å². The molecule has 212 valence electrons. The zero-order chi connectivity index (χ0) is 25.6. The number of fused-ring (bicyclic) bond motifs is 2. The molecule has 1 heteroatoms. The highest BCUT2D eigenvalue weighted by atomic mass is 28.3. The Hall–Kier alpha value is 0.217. The SMILES string of the molecule is CCC1CC2C(C3CCCCC3)CCCC2C1[Si](C)(C)C1C(CC)CC2C(C3CCCCC3)CCCC21. The molecule has 0 N–H and O–H groups in total. The molecule has 0 aromatic rings. The predicted octanol–water partition coefficient (Wildman–Crippen LogP) is 11.5. The third kappa shape index (κ3) is 4.99. The fourth-order valence-electron chi connectivity index (χ4n) is 13.6. The molecule has 10 atom stereocenters. The van der Waals surface area contributed by atoms with Crippen LogP contribution in [-0.2, 0) is 0 Å². The standard InChI is InChI=1S/C36H64Si/c1-5-25-23-33-29(27-15-9-7-10-16-27)19-13-21-31(33)35(25)37(3,4)36-26(6-2)24-34-30(20-14-22-32(34)36)28-17-11-8-12-18-28/h25-36H,5-24H2,1-4H3. The summed E-state index contributed by atoms with van der Waals surface area (Å²) in [6.07, 6.45) is 31.5. The minimum Gasteiger partial charge on any atom is -0.0689 e. The van der Waals surface area contributed by atoms with Crippen LogP contribution in [0.5, 0.6) is 0 Å². The summed E-state index contributed by atoms with van der Waals surface area (Å²) >= 11 is 0. The summed E-state index contributed by atoms with van der Waals surface area (Å²) in [6, 6.07) is 0. The molecule has 0 heterocycles. The Labute approximate surface area is 233 Å².